The molecule has 2 aromatic carbocycles. The minimum Gasteiger partial charge on any atom is -0.465 e. The standard InChI is InChI=1S/C21H22N2O2/c1-2-25-19(24)13-22-17-12-11-16-20-15(17)9-6-10-18(20)23-21(16)14-7-4-3-5-8-14/h3-10,17,22-23H,2,11-13H2,1H3. The molecule has 0 saturated carbocycles. The first kappa shape index (κ1) is 15.9. The molecule has 0 aliphatic heterocycles. The van der Waals surface area contributed by atoms with Crippen molar-refractivity contribution in [1.82, 2.24) is 10.3 Å². The highest BCUT2D eigenvalue weighted by atomic mass is 16.5. The quantitative estimate of drug-likeness (QED) is 0.694. The van der Waals surface area contributed by atoms with Gasteiger partial charge in [0.05, 0.1) is 13.2 Å². The van der Waals surface area contributed by atoms with Crippen molar-refractivity contribution in [3.05, 3.63) is 59.7 Å². The van der Waals surface area contributed by atoms with Crippen LogP contribution in [0.25, 0.3) is 22.2 Å². The molecule has 0 spiro atoms. The van der Waals surface area contributed by atoms with Crippen LogP contribution in [0.3, 0.4) is 0 Å². The normalized spacial score (nSPS) is 16.1. The lowest BCUT2D eigenvalue weighted by atomic mass is 9.87. The minimum absolute atomic E-state index is 0.181. The summed E-state index contributed by atoms with van der Waals surface area (Å²) in [6.45, 7) is 2.50. The van der Waals surface area contributed by atoms with Gasteiger partial charge < -0.3 is 15.0 Å². The van der Waals surface area contributed by atoms with E-state index in [0.29, 0.717) is 6.61 Å². The fraction of sp³-hybridized carbons (Fsp3) is 0.286. The molecule has 0 amide bonds. The maximum absolute atomic E-state index is 11.7. The summed E-state index contributed by atoms with van der Waals surface area (Å²) in [5.74, 6) is -0.195. The van der Waals surface area contributed by atoms with Gasteiger partial charge in [-0.05, 0) is 42.5 Å². The Morgan fingerprint density at radius 2 is 2.04 bits per heavy atom. The smallest absolute Gasteiger partial charge is 0.319 e. The second kappa shape index (κ2) is 6.73. The third kappa shape index (κ3) is 2.94. The summed E-state index contributed by atoms with van der Waals surface area (Å²) in [7, 11) is 0. The van der Waals surface area contributed by atoms with Crippen LogP contribution in [0.4, 0.5) is 0 Å². The molecule has 1 unspecified atom stereocenters. The number of hydrogen-bond donors (Lipinski definition) is 2. The number of aromatic nitrogens is 1. The van der Waals surface area contributed by atoms with Gasteiger partial charge in [-0.15, -0.1) is 0 Å². The van der Waals surface area contributed by atoms with E-state index in [-0.39, 0.29) is 18.6 Å². The van der Waals surface area contributed by atoms with Gasteiger partial charge in [0, 0.05) is 22.6 Å². The Morgan fingerprint density at radius 3 is 2.84 bits per heavy atom. The second-order valence-corrected chi connectivity index (χ2v) is 6.39. The van der Waals surface area contributed by atoms with Gasteiger partial charge in [-0.2, -0.15) is 0 Å². The summed E-state index contributed by atoms with van der Waals surface area (Å²) in [5.41, 5.74) is 6.24. The number of nitrogens with one attached hydrogen (secondary N) is 2. The van der Waals surface area contributed by atoms with Crippen molar-refractivity contribution in [1.29, 1.82) is 0 Å². The number of carbonyl (C=O) groups is 1. The number of esters is 1. The second-order valence-electron chi connectivity index (χ2n) is 6.39. The maximum Gasteiger partial charge on any atom is 0.319 e. The maximum atomic E-state index is 11.7. The zero-order chi connectivity index (χ0) is 17.2. The molecular formula is C21H22N2O2. The molecule has 4 rings (SSSR count). The highest BCUT2D eigenvalue weighted by Crippen LogP contribution is 2.40. The Hall–Kier alpha value is -2.59. The van der Waals surface area contributed by atoms with Crippen LogP contribution in [0, 0.1) is 0 Å². The molecule has 3 aromatic rings. The van der Waals surface area contributed by atoms with Crippen LogP contribution < -0.4 is 5.32 Å². The van der Waals surface area contributed by atoms with Gasteiger partial charge in [0.1, 0.15) is 0 Å². The van der Waals surface area contributed by atoms with Crippen molar-refractivity contribution in [2.75, 3.05) is 13.2 Å². The van der Waals surface area contributed by atoms with Crippen molar-refractivity contribution in [2.45, 2.75) is 25.8 Å². The van der Waals surface area contributed by atoms with Crippen LogP contribution in [0.5, 0.6) is 0 Å². The number of rotatable bonds is 5. The van der Waals surface area contributed by atoms with Crippen molar-refractivity contribution in [2.24, 2.45) is 0 Å². The first-order valence-corrected chi connectivity index (χ1v) is 8.85. The molecule has 0 bridgehead atoms. The summed E-state index contributed by atoms with van der Waals surface area (Å²) in [4.78, 5) is 15.3. The van der Waals surface area contributed by atoms with Crippen molar-refractivity contribution in [3.8, 4) is 11.3 Å². The monoisotopic (exact) mass is 334 g/mol. The Labute approximate surface area is 147 Å². The molecule has 1 aromatic heterocycles. The van der Waals surface area contributed by atoms with Crippen molar-refractivity contribution >= 4 is 16.9 Å². The van der Waals surface area contributed by atoms with Crippen LogP contribution in [0.1, 0.15) is 30.5 Å². The molecule has 2 N–H and O–H groups in total. The molecular weight excluding hydrogens is 312 g/mol. The SMILES string of the molecule is CCOC(=O)CNC1CCc2c(-c3ccccc3)[nH]c3cccc1c23. The lowest BCUT2D eigenvalue weighted by molar-refractivity contribution is -0.142. The molecule has 1 atom stereocenters. The molecule has 1 aliphatic carbocycles. The highest BCUT2D eigenvalue weighted by molar-refractivity contribution is 5.94. The van der Waals surface area contributed by atoms with Crippen molar-refractivity contribution in [3.63, 3.8) is 0 Å². The van der Waals surface area contributed by atoms with Crippen LogP contribution >= 0.6 is 0 Å². The molecule has 25 heavy (non-hydrogen) atoms. The van der Waals surface area contributed by atoms with Gasteiger partial charge in [-0.3, -0.25) is 4.79 Å². The van der Waals surface area contributed by atoms with E-state index in [1.807, 2.05) is 13.0 Å². The predicted octanol–water partition coefficient (Wildman–Crippen LogP) is 3.97. The van der Waals surface area contributed by atoms with E-state index in [9.17, 15) is 4.79 Å². The van der Waals surface area contributed by atoms with Crippen LogP contribution in [-0.2, 0) is 16.0 Å². The van der Waals surface area contributed by atoms with Crippen molar-refractivity contribution < 1.29 is 9.53 Å². The number of hydrogen-bond acceptors (Lipinski definition) is 3. The fourth-order valence-corrected chi connectivity index (χ4v) is 3.81. The van der Waals surface area contributed by atoms with Gasteiger partial charge in [-0.1, -0.05) is 42.5 Å². The molecule has 0 fully saturated rings. The van der Waals surface area contributed by atoms with E-state index < -0.39 is 0 Å². The Morgan fingerprint density at radius 1 is 1.20 bits per heavy atom. The number of aromatic amines is 1. The minimum atomic E-state index is -0.195. The highest BCUT2D eigenvalue weighted by Gasteiger charge is 2.25. The zero-order valence-corrected chi connectivity index (χ0v) is 14.3. The topological polar surface area (TPSA) is 54.1 Å². The molecule has 0 radical (unpaired) electrons. The molecule has 128 valence electrons. The van der Waals surface area contributed by atoms with Crippen LogP contribution in [0.15, 0.2) is 48.5 Å². The summed E-state index contributed by atoms with van der Waals surface area (Å²) >= 11 is 0. The first-order valence-electron chi connectivity index (χ1n) is 8.85. The van der Waals surface area contributed by atoms with E-state index in [2.05, 4.69) is 52.8 Å². The third-order valence-corrected chi connectivity index (χ3v) is 4.88. The molecule has 0 saturated heterocycles. The Balaban J connectivity index is 1.70. The van der Waals surface area contributed by atoms with Gasteiger partial charge in [-0.25, -0.2) is 0 Å². The largest absolute Gasteiger partial charge is 0.465 e. The van der Waals surface area contributed by atoms with Crippen LogP contribution in [-0.4, -0.2) is 24.1 Å². The predicted molar refractivity (Wildman–Crippen MR) is 99.4 cm³/mol. The third-order valence-electron chi connectivity index (χ3n) is 4.88. The summed E-state index contributed by atoms with van der Waals surface area (Å²) < 4.78 is 5.03. The number of benzene rings is 2. The number of aryl methyl sites for hydroxylation is 1. The van der Waals surface area contributed by atoms with Gasteiger partial charge in [0.25, 0.3) is 0 Å². The Bertz CT molecular complexity index is 899. The first-order chi connectivity index (χ1) is 12.3. The molecule has 4 nitrogen and oxygen atoms in total. The van der Waals surface area contributed by atoms with E-state index >= 15 is 0 Å². The van der Waals surface area contributed by atoms with Crippen LogP contribution in [0.2, 0.25) is 0 Å². The summed E-state index contributed by atoms with van der Waals surface area (Å²) in [6.07, 6.45) is 1.96. The average Bonchev–Trinajstić information content (AvgIpc) is 3.03. The number of ether oxygens (including phenoxy) is 1. The van der Waals surface area contributed by atoms with Gasteiger partial charge >= 0.3 is 5.97 Å². The molecule has 1 aliphatic rings. The lowest BCUT2D eigenvalue weighted by Gasteiger charge is -2.24. The molecule has 4 heteroatoms. The fourth-order valence-electron chi connectivity index (χ4n) is 3.81. The van der Waals surface area contributed by atoms with E-state index in [1.54, 1.807) is 0 Å². The molecule has 1 heterocycles. The van der Waals surface area contributed by atoms with E-state index in [1.165, 1.54) is 27.8 Å². The van der Waals surface area contributed by atoms with Gasteiger partial charge in [0.2, 0.25) is 0 Å². The average molecular weight is 334 g/mol. The van der Waals surface area contributed by atoms with E-state index in [4.69, 9.17) is 4.74 Å². The lowest BCUT2D eigenvalue weighted by Crippen LogP contribution is -2.30. The zero-order valence-electron chi connectivity index (χ0n) is 14.3. The van der Waals surface area contributed by atoms with E-state index in [0.717, 1.165) is 18.4 Å². The number of H-pyrrole nitrogens is 1. The summed E-state index contributed by atoms with van der Waals surface area (Å²) in [6, 6.07) is 17.0. The number of carbonyl (C=O) groups excluding carboxylic acids is 1. The Kier molecular flexibility index (Phi) is 4.28. The summed E-state index contributed by atoms with van der Waals surface area (Å²) in [5, 5.41) is 4.67. The van der Waals surface area contributed by atoms with Gasteiger partial charge in [0.15, 0.2) is 0 Å².